The summed E-state index contributed by atoms with van der Waals surface area (Å²) < 4.78 is 32.4. The van der Waals surface area contributed by atoms with Gasteiger partial charge in [-0.2, -0.15) is 4.31 Å². The molecule has 9 heteroatoms. The number of carbonyl (C=O) groups excluding carboxylic acids is 2. The molecule has 0 atom stereocenters. The van der Waals surface area contributed by atoms with Gasteiger partial charge in [0.1, 0.15) is 12.4 Å². The molecular weight excluding hydrogens is 442 g/mol. The molecule has 2 N–H and O–H groups in total. The van der Waals surface area contributed by atoms with Gasteiger partial charge in [-0.05, 0) is 49.2 Å². The van der Waals surface area contributed by atoms with Crippen molar-refractivity contribution in [2.75, 3.05) is 31.6 Å². The van der Waals surface area contributed by atoms with Gasteiger partial charge in [0.2, 0.25) is 15.9 Å². The SMILES string of the molecule is CC(=O)Nc1cccc(OCC#CCNC(=O)c2ccc(S(=O)(=O)N3CCCCC3)cc2)c1. The molecule has 2 aromatic carbocycles. The van der Waals surface area contributed by atoms with Crippen molar-refractivity contribution in [1.82, 2.24) is 9.62 Å². The number of sulfonamides is 1. The third-order valence-corrected chi connectivity index (χ3v) is 6.91. The van der Waals surface area contributed by atoms with Crippen LogP contribution in [0.15, 0.2) is 53.4 Å². The highest BCUT2D eigenvalue weighted by molar-refractivity contribution is 7.89. The Bertz CT molecular complexity index is 1140. The van der Waals surface area contributed by atoms with E-state index in [4.69, 9.17) is 4.74 Å². The maximum Gasteiger partial charge on any atom is 0.252 e. The van der Waals surface area contributed by atoms with E-state index in [-0.39, 0.29) is 29.9 Å². The van der Waals surface area contributed by atoms with E-state index >= 15 is 0 Å². The van der Waals surface area contributed by atoms with E-state index in [9.17, 15) is 18.0 Å². The summed E-state index contributed by atoms with van der Waals surface area (Å²) in [6, 6.07) is 12.9. The molecular formula is C24H27N3O5S. The van der Waals surface area contributed by atoms with Crippen LogP contribution in [-0.4, -0.2) is 50.8 Å². The second kappa shape index (κ2) is 11.5. The molecule has 1 saturated heterocycles. The second-order valence-corrected chi connectivity index (χ2v) is 9.46. The van der Waals surface area contributed by atoms with Crippen molar-refractivity contribution in [2.24, 2.45) is 0 Å². The lowest BCUT2D eigenvalue weighted by molar-refractivity contribution is -0.114. The Hall–Kier alpha value is -3.35. The van der Waals surface area contributed by atoms with Gasteiger partial charge in [-0.25, -0.2) is 8.42 Å². The van der Waals surface area contributed by atoms with E-state index < -0.39 is 10.0 Å². The number of rotatable bonds is 7. The fraction of sp³-hybridized carbons (Fsp3) is 0.333. The Morgan fingerprint density at radius 2 is 1.76 bits per heavy atom. The van der Waals surface area contributed by atoms with E-state index in [1.54, 1.807) is 24.3 Å². The van der Waals surface area contributed by atoms with Crippen molar-refractivity contribution in [3.8, 4) is 17.6 Å². The first-order chi connectivity index (χ1) is 15.9. The highest BCUT2D eigenvalue weighted by Gasteiger charge is 2.25. The Labute approximate surface area is 194 Å². The number of ether oxygens (including phenoxy) is 1. The smallest absolute Gasteiger partial charge is 0.252 e. The standard InChI is InChI=1S/C24H27N3O5S/c1-19(28)26-21-8-7-9-22(18-21)32-17-6-3-14-25-24(29)20-10-12-23(13-11-20)33(30,31)27-15-4-2-5-16-27/h7-13,18H,2,4-5,14-17H2,1H3,(H,25,29)(H,26,28). The van der Waals surface area contributed by atoms with E-state index in [1.165, 1.54) is 35.5 Å². The van der Waals surface area contributed by atoms with Crippen molar-refractivity contribution in [3.63, 3.8) is 0 Å². The van der Waals surface area contributed by atoms with Gasteiger partial charge in [0.05, 0.1) is 11.4 Å². The van der Waals surface area contributed by atoms with Crippen molar-refractivity contribution in [1.29, 1.82) is 0 Å². The molecule has 1 fully saturated rings. The zero-order chi connectivity index (χ0) is 23.7. The minimum Gasteiger partial charge on any atom is -0.481 e. The van der Waals surface area contributed by atoms with Crippen LogP contribution in [0.1, 0.15) is 36.5 Å². The molecule has 0 spiro atoms. The van der Waals surface area contributed by atoms with Gasteiger partial charge in [0.15, 0.2) is 0 Å². The first-order valence-electron chi connectivity index (χ1n) is 10.7. The van der Waals surface area contributed by atoms with Crippen LogP contribution >= 0.6 is 0 Å². The topological polar surface area (TPSA) is 105 Å². The van der Waals surface area contributed by atoms with Gasteiger partial charge in [0, 0.05) is 37.3 Å². The highest BCUT2D eigenvalue weighted by Crippen LogP contribution is 2.21. The third kappa shape index (κ3) is 7.07. The van der Waals surface area contributed by atoms with Crippen molar-refractivity contribution in [2.45, 2.75) is 31.1 Å². The molecule has 0 aliphatic carbocycles. The number of piperidine rings is 1. The second-order valence-electron chi connectivity index (χ2n) is 7.52. The Balaban J connectivity index is 1.46. The van der Waals surface area contributed by atoms with Crippen LogP contribution in [0.3, 0.4) is 0 Å². The van der Waals surface area contributed by atoms with Gasteiger partial charge in [0.25, 0.3) is 5.91 Å². The van der Waals surface area contributed by atoms with Crippen LogP contribution < -0.4 is 15.4 Å². The van der Waals surface area contributed by atoms with Crippen LogP contribution in [-0.2, 0) is 14.8 Å². The number of benzene rings is 2. The van der Waals surface area contributed by atoms with Gasteiger partial charge in [-0.1, -0.05) is 24.3 Å². The fourth-order valence-corrected chi connectivity index (χ4v) is 4.88. The van der Waals surface area contributed by atoms with Gasteiger partial charge in [-0.15, -0.1) is 0 Å². The largest absolute Gasteiger partial charge is 0.481 e. The molecule has 1 aliphatic heterocycles. The van der Waals surface area contributed by atoms with Gasteiger partial charge >= 0.3 is 0 Å². The van der Waals surface area contributed by atoms with Crippen LogP contribution in [0.25, 0.3) is 0 Å². The molecule has 0 bridgehead atoms. The number of carbonyl (C=O) groups is 2. The average molecular weight is 470 g/mol. The number of hydrogen-bond acceptors (Lipinski definition) is 5. The van der Waals surface area contributed by atoms with Gasteiger partial charge < -0.3 is 15.4 Å². The summed E-state index contributed by atoms with van der Waals surface area (Å²) in [6.07, 6.45) is 2.79. The molecule has 33 heavy (non-hydrogen) atoms. The maximum absolute atomic E-state index is 12.7. The van der Waals surface area contributed by atoms with Crippen LogP contribution in [0.5, 0.6) is 5.75 Å². The Morgan fingerprint density at radius 1 is 1.03 bits per heavy atom. The zero-order valence-electron chi connectivity index (χ0n) is 18.5. The Kier molecular flexibility index (Phi) is 8.46. The first-order valence-corrected chi connectivity index (χ1v) is 12.1. The normalized spacial score (nSPS) is 14.0. The molecule has 2 aromatic rings. The summed E-state index contributed by atoms with van der Waals surface area (Å²) in [7, 11) is -3.52. The number of nitrogens with zero attached hydrogens (tertiary/aromatic N) is 1. The summed E-state index contributed by atoms with van der Waals surface area (Å²) in [5.74, 6) is 5.67. The monoisotopic (exact) mass is 469 g/mol. The molecule has 0 radical (unpaired) electrons. The van der Waals surface area contributed by atoms with Crippen LogP contribution in [0.2, 0.25) is 0 Å². The quantitative estimate of drug-likeness (QED) is 0.607. The maximum atomic E-state index is 12.7. The Morgan fingerprint density at radius 3 is 2.45 bits per heavy atom. The molecule has 3 rings (SSSR count). The lowest BCUT2D eigenvalue weighted by Gasteiger charge is -2.25. The fourth-order valence-electron chi connectivity index (χ4n) is 3.36. The number of hydrogen-bond donors (Lipinski definition) is 2. The summed E-state index contributed by atoms with van der Waals surface area (Å²) in [5, 5.41) is 5.35. The number of anilines is 1. The number of nitrogens with one attached hydrogen (secondary N) is 2. The molecule has 1 aliphatic rings. The molecule has 0 saturated carbocycles. The lowest BCUT2D eigenvalue weighted by Crippen LogP contribution is -2.35. The van der Waals surface area contributed by atoms with Crippen LogP contribution in [0.4, 0.5) is 5.69 Å². The van der Waals surface area contributed by atoms with Gasteiger partial charge in [-0.3, -0.25) is 9.59 Å². The van der Waals surface area contributed by atoms with Crippen LogP contribution in [0, 0.1) is 11.8 Å². The molecule has 8 nitrogen and oxygen atoms in total. The third-order valence-electron chi connectivity index (χ3n) is 5.00. The zero-order valence-corrected chi connectivity index (χ0v) is 19.3. The van der Waals surface area contributed by atoms with Crippen molar-refractivity contribution >= 4 is 27.5 Å². The minimum absolute atomic E-state index is 0.127. The predicted molar refractivity (Wildman–Crippen MR) is 125 cm³/mol. The summed E-state index contributed by atoms with van der Waals surface area (Å²) in [6.45, 7) is 2.75. The lowest BCUT2D eigenvalue weighted by atomic mass is 10.2. The summed E-state index contributed by atoms with van der Waals surface area (Å²) in [4.78, 5) is 23.6. The summed E-state index contributed by atoms with van der Waals surface area (Å²) >= 11 is 0. The summed E-state index contributed by atoms with van der Waals surface area (Å²) in [5.41, 5.74) is 0.996. The average Bonchev–Trinajstić information content (AvgIpc) is 2.81. The molecule has 0 aromatic heterocycles. The highest BCUT2D eigenvalue weighted by atomic mass is 32.2. The van der Waals surface area contributed by atoms with Crippen molar-refractivity contribution in [3.05, 3.63) is 54.1 Å². The van der Waals surface area contributed by atoms with Crippen molar-refractivity contribution < 1.29 is 22.7 Å². The minimum atomic E-state index is -3.52. The molecule has 0 unspecified atom stereocenters. The van der Waals surface area contributed by atoms with E-state index in [1.807, 2.05) is 0 Å². The van der Waals surface area contributed by atoms with E-state index in [0.29, 0.717) is 30.1 Å². The van der Waals surface area contributed by atoms with E-state index in [0.717, 1.165) is 19.3 Å². The first kappa shape index (κ1) is 24.3. The number of amides is 2. The predicted octanol–water partition coefficient (Wildman–Crippen LogP) is 2.63. The molecule has 2 amide bonds. The molecule has 1 heterocycles. The molecule has 174 valence electrons. The van der Waals surface area contributed by atoms with E-state index in [2.05, 4.69) is 22.5 Å².